The quantitative estimate of drug-likeness (QED) is 0.645. The number of nitrogens with two attached hydrogens (primary N) is 1. The minimum absolute atomic E-state index is 0.0765. The predicted molar refractivity (Wildman–Crippen MR) is 66.1 cm³/mol. The number of hydrogen-bond donors (Lipinski definition) is 3. The van der Waals surface area contributed by atoms with Gasteiger partial charge < -0.3 is 11.1 Å². The zero-order valence-electron chi connectivity index (χ0n) is 9.67. The van der Waals surface area contributed by atoms with Gasteiger partial charge in [0.1, 0.15) is 11.5 Å². The first kappa shape index (κ1) is 11.8. The summed E-state index contributed by atoms with van der Waals surface area (Å²) < 4.78 is 1.15. The molecule has 0 aliphatic heterocycles. The lowest BCUT2D eigenvalue weighted by atomic mass is 10.3. The number of anilines is 2. The monoisotopic (exact) mass is 248 g/mol. The zero-order valence-corrected chi connectivity index (χ0v) is 9.67. The van der Waals surface area contributed by atoms with Gasteiger partial charge in [-0.1, -0.05) is 0 Å². The van der Waals surface area contributed by atoms with Crippen LogP contribution in [-0.4, -0.2) is 19.7 Å². The molecule has 0 amide bonds. The van der Waals surface area contributed by atoms with Gasteiger partial charge >= 0.3 is 5.69 Å². The second-order valence-electron chi connectivity index (χ2n) is 3.65. The number of H-pyrrole nitrogens is 1. The van der Waals surface area contributed by atoms with Crippen LogP contribution in [0.5, 0.6) is 0 Å². The van der Waals surface area contributed by atoms with Gasteiger partial charge in [-0.25, -0.2) is 4.79 Å². The summed E-state index contributed by atoms with van der Waals surface area (Å²) >= 11 is 0. The Morgan fingerprint density at radius 1 is 1.50 bits per heavy atom. The molecule has 0 aromatic carbocycles. The molecule has 4 N–H and O–H groups in total. The van der Waals surface area contributed by atoms with Gasteiger partial charge in [-0.15, -0.1) is 0 Å². The lowest BCUT2D eigenvalue weighted by Crippen LogP contribution is -2.32. The maximum absolute atomic E-state index is 11.6. The van der Waals surface area contributed by atoms with E-state index in [1.165, 1.54) is 7.05 Å². The van der Waals surface area contributed by atoms with E-state index in [0.717, 1.165) is 4.57 Å². The van der Waals surface area contributed by atoms with E-state index in [0.29, 0.717) is 12.2 Å². The number of aromatic amines is 1. The first-order valence-electron chi connectivity index (χ1n) is 5.19. The summed E-state index contributed by atoms with van der Waals surface area (Å²) in [4.78, 5) is 25.0. The van der Waals surface area contributed by atoms with E-state index in [4.69, 9.17) is 5.73 Å². The third kappa shape index (κ3) is 2.21. The molecule has 0 aliphatic rings. The Kier molecular flexibility index (Phi) is 3.09. The lowest BCUT2D eigenvalue weighted by Gasteiger charge is -2.09. The van der Waals surface area contributed by atoms with Crippen LogP contribution in [0.2, 0.25) is 0 Å². The Bertz CT molecular complexity index is 660. The van der Waals surface area contributed by atoms with Crippen molar-refractivity contribution in [2.75, 3.05) is 11.1 Å². The fraction of sp³-hybridized carbons (Fsp3) is 0.200. The molecule has 2 rings (SSSR count). The third-order valence-corrected chi connectivity index (χ3v) is 2.44. The van der Waals surface area contributed by atoms with Crippen LogP contribution in [-0.2, 0) is 13.6 Å². The Balaban J connectivity index is 2.28. The standard InChI is InChI=1S/C10H12N6O2/c1-16-8(11)7(9(17)14-10(16)18)12-5-6-3-2-4-13-15-6/h2-4,12H,5,11H2,1H3,(H,14,17,18). The van der Waals surface area contributed by atoms with Crippen LogP contribution in [0.4, 0.5) is 11.5 Å². The molecule has 2 heterocycles. The van der Waals surface area contributed by atoms with Gasteiger partial charge in [0.05, 0.1) is 12.2 Å². The molecule has 0 spiro atoms. The largest absolute Gasteiger partial charge is 0.383 e. The van der Waals surface area contributed by atoms with Crippen molar-refractivity contribution in [1.82, 2.24) is 19.7 Å². The van der Waals surface area contributed by atoms with Crippen LogP contribution in [0, 0.1) is 0 Å². The molecule has 0 unspecified atom stereocenters. The predicted octanol–water partition coefficient (Wildman–Crippen LogP) is -0.942. The maximum Gasteiger partial charge on any atom is 0.329 e. The van der Waals surface area contributed by atoms with Crippen molar-refractivity contribution in [2.45, 2.75) is 6.54 Å². The average molecular weight is 248 g/mol. The summed E-state index contributed by atoms with van der Waals surface area (Å²) in [6.07, 6.45) is 1.55. The number of rotatable bonds is 3. The van der Waals surface area contributed by atoms with Crippen LogP contribution in [0.1, 0.15) is 5.69 Å². The van der Waals surface area contributed by atoms with Crippen molar-refractivity contribution >= 4 is 11.5 Å². The molecule has 0 saturated carbocycles. The fourth-order valence-corrected chi connectivity index (χ4v) is 1.41. The van der Waals surface area contributed by atoms with Gasteiger partial charge in [-0.2, -0.15) is 10.2 Å². The van der Waals surface area contributed by atoms with Gasteiger partial charge in [0.15, 0.2) is 0 Å². The molecule has 8 heteroatoms. The van der Waals surface area contributed by atoms with Gasteiger partial charge in [-0.3, -0.25) is 14.3 Å². The molecule has 18 heavy (non-hydrogen) atoms. The molecule has 0 atom stereocenters. The zero-order chi connectivity index (χ0) is 13.1. The van der Waals surface area contributed by atoms with Crippen molar-refractivity contribution in [1.29, 1.82) is 0 Å². The minimum Gasteiger partial charge on any atom is -0.383 e. The second-order valence-corrected chi connectivity index (χ2v) is 3.65. The Morgan fingerprint density at radius 2 is 2.28 bits per heavy atom. The summed E-state index contributed by atoms with van der Waals surface area (Å²) in [5.41, 5.74) is 5.38. The van der Waals surface area contributed by atoms with Crippen LogP contribution >= 0.6 is 0 Å². The van der Waals surface area contributed by atoms with Gasteiger partial charge in [-0.05, 0) is 12.1 Å². The third-order valence-electron chi connectivity index (χ3n) is 2.44. The molecule has 0 aliphatic carbocycles. The second kappa shape index (κ2) is 4.70. The maximum atomic E-state index is 11.6. The van der Waals surface area contributed by atoms with Crippen molar-refractivity contribution in [3.05, 3.63) is 44.9 Å². The van der Waals surface area contributed by atoms with E-state index in [1.54, 1.807) is 18.3 Å². The first-order valence-corrected chi connectivity index (χ1v) is 5.19. The number of nitrogens with one attached hydrogen (secondary N) is 2. The summed E-state index contributed by atoms with van der Waals surface area (Å²) in [6.45, 7) is 0.291. The van der Waals surface area contributed by atoms with E-state index < -0.39 is 11.2 Å². The molecule has 8 nitrogen and oxygen atoms in total. The minimum atomic E-state index is -0.556. The molecule has 2 aromatic rings. The van der Waals surface area contributed by atoms with Crippen LogP contribution in [0.15, 0.2) is 27.9 Å². The highest BCUT2D eigenvalue weighted by molar-refractivity contribution is 5.60. The molecule has 0 bridgehead atoms. The van der Waals surface area contributed by atoms with Gasteiger partial charge in [0.25, 0.3) is 5.56 Å². The molecular formula is C10H12N6O2. The van der Waals surface area contributed by atoms with E-state index in [2.05, 4.69) is 20.5 Å². The number of nitrogens with zero attached hydrogens (tertiary/aromatic N) is 3. The normalized spacial score (nSPS) is 10.3. The van der Waals surface area contributed by atoms with E-state index in [1.807, 2.05) is 0 Å². The number of nitrogen functional groups attached to an aromatic ring is 1. The van der Waals surface area contributed by atoms with Crippen molar-refractivity contribution in [3.63, 3.8) is 0 Å². The Labute approximate surface area is 101 Å². The smallest absolute Gasteiger partial charge is 0.329 e. The van der Waals surface area contributed by atoms with Crippen LogP contribution in [0.3, 0.4) is 0 Å². The SMILES string of the molecule is Cn1c(N)c(NCc2cccnn2)c(=O)[nH]c1=O. The summed E-state index contributed by atoms with van der Waals surface area (Å²) in [7, 11) is 1.47. The van der Waals surface area contributed by atoms with Crippen molar-refractivity contribution < 1.29 is 0 Å². The average Bonchev–Trinajstić information content (AvgIpc) is 2.37. The molecule has 94 valence electrons. The van der Waals surface area contributed by atoms with Gasteiger partial charge in [0, 0.05) is 13.2 Å². The molecule has 2 aromatic heterocycles. The van der Waals surface area contributed by atoms with Crippen LogP contribution < -0.4 is 22.3 Å². The number of hydrogen-bond acceptors (Lipinski definition) is 6. The Morgan fingerprint density at radius 3 is 2.94 bits per heavy atom. The Hall–Kier alpha value is -2.64. The number of aromatic nitrogens is 4. The molecular weight excluding hydrogens is 236 g/mol. The first-order chi connectivity index (χ1) is 8.59. The highest BCUT2D eigenvalue weighted by Gasteiger charge is 2.09. The molecule has 0 radical (unpaired) electrons. The van der Waals surface area contributed by atoms with Crippen molar-refractivity contribution in [3.8, 4) is 0 Å². The summed E-state index contributed by atoms with van der Waals surface area (Å²) in [6, 6.07) is 3.49. The molecule has 0 saturated heterocycles. The lowest BCUT2D eigenvalue weighted by molar-refractivity contribution is 0.811. The van der Waals surface area contributed by atoms with E-state index in [9.17, 15) is 9.59 Å². The highest BCUT2D eigenvalue weighted by Crippen LogP contribution is 2.09. The summed E-state index contributed by atoms with van der Waals surface area (Å²) in [5.74, 6) is 0.0765. The van der Waals surface area contributed by atoms with Crippen molar-refractivity contribution in [2.24, 2.45) is 7.05 Å². The molecule has 0 fully saturated rings. The highest BCUT2D eigenvalue weighted by atomic mass is 16.2. The van der Waals surface area contributed by atoms with Crippen LogP contribution in [0.25, 0.3) is 0 Å². The summed E-state index contributed by atoms with van der Waals surface area (Å²) in [5, 5.41) is 10.4. The van der Waals surface area contributed by atoms with E-state index in [-0.39, 0.29) is 11.5 Å². The fourth-order valence-electron chi connectivity index (χ4n) is 1.41. The van der Waals surface area contributed by atoms with Gasteiger partial charge in [0.2, 0.25) is 0 Å². The topological polar surface area (TPSA) is 119 Å². The van der Waals surface area contributed by atoms with E-state index >= 15 is 0 Å².